The van der Waals surface area contributed by atoms with Crippen molar-refractivity contribution in [3.05, 3.63) is 58.6 Å². The van der Waals surface area contributed by atoms with E-state index >= 15 is 0 Å². The van der Waals surface area contributed by atoms with Gasteiger partial charge < -0.3 is 10.0 Å². The van der Waals surface area contributed by atoms with E-state index in [1.165, 1.54) is 4.90 Å². The first-order valence-corrected chi connectivity index (χ1v) is 8.92. The third-order valence-corrected chi connectivity index (χ3v) is 5.15. The Morgan fingerprint density at radius 1 is 1.19 bits per heavy atom. The number of benzene rings is 2. The van der Waals surface area contributed by atoms with Crippen molar-refractivity contribution in [1.29, 1.82) is 0 Å². The van der Waals surface area contributed by atoms with Crippen molar-refractivity contribution in [3.63, 3.8) is 0 Å². The lowest BCUT2D eigenvalue weighted by atomic mass is 9.92. The first-order chi connectivity index (χ1) is 12.5. The summed E-state index contributed by atoms with van der Waals surface area (Å²) in [6, 6.07) is 13.7. The van der Waals surface area contributed by atoms with E-state index in [0.717, 1.165) is 22.3 Å². The Morgan fingerprint density at radius 3 is 2.50 bits per heavy atom. The van der Waals surface area contributed by atoms with Gasteiger partial charge >= 0.3 is 6.09 Å². The van der Waals surface area contributed by atoms with Crippen molar-refractivity contribution in [2.75, 3.05) is 26.2 Å². The summed E-state index contributed by atoms with van der Waals surface area (Å²) in [7, 11) is 0. The van der Waals surface area contributed by atoms with Gasteiger partial charge in [0.1, 0.15) is 0 Å². The molecule has 2 aromatic rings. The second-order valence-electron chi connectivity index (χ2n) is 6.40. The lowest BCUT2D eigenvalue weighted by molar-refractivity contribution is 0.0961. The van der Waals surface area contributed by atoms with Crippen LogP contribution in [0.4, 0.5) is 4.79 Å². The third-order valence-electron chi connectivity index (χ3n) is 4.91. The molecule has 26 heavy (non-hydrogen) atoms. The van der Waals surface area contributed by atoms with E-state index in [1.807, 2.05) is 30.3 Å². The Bertz CT molecular complexity index is 851. The smallest absolute Gasteiger partial charge is 0.407 e. The third kappa shape index (κ3) is 3.70. The fourth-order valence-electron chi connectivity index (χ4n) is 3.48. The Hall–Kier alpha value is -2.48. The number of amides is 1. The van der Waals surface area contributed by atoms with Crippen LogP contribution in [0.3, 0.4) is 0 Å². The summed E-state index contributed by atoms with van der Waals surface area (Å²) in [5, 5.41) is 9.82. The van der Waals surface area contributed by atoms with E-state index in [2.05, 4.69) is 29.9 Å². The van der Waals surface area contributed by atoms with Crippen molar-refractivity contribution in [2.24, 2.45) is 0 Å². The van der Waals surface area contributed by atoms with E-state index in [1.54, 1.807) is 0 Å². The fourth-order valence-corrected chi connectivity index (χ4v) is 3.67. The van der Waals surface area contributed by atoms with Gasteiger partial charge in [-0.3, -0.25) is 4.90 Å². The quantitative estimate of drug-likeness (QED) is 0.822. The fraction of sp³-hybridized carbons (Fsp3) is 0.286. The maximum Gasteiger partial charge on any atom is 0.407 e. The van der Waals surface area contributed by atoms with Crippen molar-refractivity contribution in [1.82, 2.24) is 9.80 Å². The summed E-state index contributed by atoms with van der Waals surface area (Å²) < 4.78 is 0. The first-order valence-electron chi connectivity index (χ1n) is 8.54. The van der Waals surface area contributed by atoms with Gasteiger partial charge in [0.2, 0.25) is 0 Å². The molecule has 0 bridgehead atoms. The van der Waals surface area contributed by atoms with Gasteiger partial charge in [0.15, 0.2) is 0 Å². The van der Waals surface area contributed by atoms with Crippen LogP contribution in [-0.2, 0) is 0 Å². The molecule has 0 radical (unpaired) electrons. The highest BCUT2D eigenvalue weighted by atomic mass is 35.5. The van der Waals surface area contributed by atoms with Crippen LogP contribution in [0.25, 0.3) is 11.1 Å². The molecule has 0 spiro atoms. The molecule has 1 aliphatic heterocycles. The average molecular weight is 369 g/mol. The zero-order valence-corrected chi connectivity index (χ0v) is 15.4. The minimum atomic E-state index is -0.874. The molecule has 1 N–H and O–H groups in total. The van der Waals surface area contributed by atoms with Gasteiger partial charge in [0, 0.05) is 31.2 Å². The predicted molar refractivity (Wildman–Crippen MR) is 104 cm³/mol. The number of carbonyl (C=O) groups is 1. The van der Waals surface area contributed by atoms with E-state index in [4.69, 9.17) is 23.1 Å². The molecule has 0 saturated carbocycles. The van der Waals surface area contributed by atoms with Gasteiger partial charge in [-0.1, -0.05) is 47.9 Å². The highest BCUT2D eigenvalue weighted by Crippen LogP contribution is 2.32. The van der Waals surface area contributed by atoms with Gasteiger partial charge in [-0.2, -0.15) is 0 Å². The largest absolute Gasteiger partial charge is 0.465 e. The van der Waals surface area contributed by atoms with Gasteiger partial charge in [0.25, 0.3) is 0 Å². The highest BCUT2D eigenvalue weighted by molar-refractivity contribution is 6.30. The van der Waals surface area contributed by atoms with Crippen LogP contribution < -0.4 is 0 Å². The van der Waals surface area contributed by atoms with Crippen LogP contribution in [0.15, 0.2) is 42.5 Å². The molecule has 3 rings (SSSR count). The zero-order valence-electron chi connectivity index (χ0n) is 14.7. The molecule has 1 fully saturated rings. The Balaban J connectivity index is 1.90. The summed E-state index contributed by atoms with van der Waals surface area (Å²) in [5.41, 5.74) is 4.37. The topological polar surface area (TPSA) is 43.8 Å². The van der Waals surface area contributed by atoms with E-state index in [-0.39, 0.29) is 6.04 Å². The van der Waals surface area contributed by atoms with Crippen LogP contribution in [0.5, 0.6) is 0 Å². The van der Waals surface area contributed by atoms with Gasteiger partial charge in [-0.05, 0) is 41.3 Å². The standard InChI is InChI=1S/C21H21ClN2O2/c1-3-20(23-10-12-24(13-11-23)21(25)26)19-9-5-8-18(15(19)2)16-6-4-7-17(22)14-16/h1,4-9,14,20H,10-13H2,2H3,(H,25,26). The molecule has 1 unspecified atom stereocenters. The first kappa shape index (κ1) is 18.3. The molecule has 4 nitrogen and oxygen atoms in total. The average Bonchev–Trinajstić information content (AvgIpc) is 2.64. The molecule has 134 valence electrons. The predicted octanol–water partition coefficient (Wildman–Crippen LogP) is 4.29. The number of nitrogens with zero attached hydrogens (tertiary/aromatic N) is 2. The monoisotopic (exact) mass is 368 g/mol. The van der Waals surface area contributed by atoms with Gasteiger partial charge in [0.05, 0.1) is 6.04 Å². The van der Waals surface area contributed by atoms with Crippen LogP contribution >= 0.6 is 11.6 Å². The molecule has 5 heteroatoms. The molecular formula is C21H21ClN2O2. The Kier molecular flexibility index (Phi) is 5.51. The van der Waals surface area contributed by atoms with Gasteiger partial charge in [-0.25, -0.2) is 4.79 Å². The number of rotatable bonds is 3. The Morgan fingerprint density at radius 2 is 1.88 bits per heavy atom. The van der Waals surface area contributed by atoms with Crippen LogP contribution in [0.1, 0.15) is 17.2 Å². The summed E-state index contributed by atoms with van der Waals surface area (Å²) in [5.74, 6) is 2.90. The molecule has 2 aromatic carbocycles. The zero-order chi connectivity index (χ0) is 18.7. The van der Waals surface area contributed by atoms with Crippen molar-refractivity contribution in [3.8, 4) is 23.5 Å². The molecule has 1 atom stereocenters. The van der Waals surface area contributed by atoms with Crippen LogP contribution in [-0.4, -0.2) is 47.2 Å². The molecule has 0 aromatic heterocycles. The van der Waals surface area contributed by atoms with E-state index in [9.17, 15) is 4.79 Å². The maximum atomic E-state index is 11.1. The molecule has 1 saturated heterocycles. The summed E-state index contributed by atoms with van der Waals surface area (Å²) in [6.07, 6.45) is 5.00. The maximum absolute atomic E-state index is 11.1. The van der Waals surface area contributed by atoms with E-state index < -0.39 is 6.09 Å². The molecule has 0 aliphatic carbocycles. The number of terminal acetylenes is 1. The minimum absolute atomic E-state index is 0.176. The van der Waals surface area contributed by atoms with Gasteiger partial charge in [-0.15, -0.1) is 6.42 Å². The van der Waals surface area contributed by atoms with Crippen molar-refractivity contribution in [2.45, 2.75) is 13.0 Å². The molecule has 1 heterocycles. The summed E-state index contributed by atoms with van der Waals surface area (Å²) >= 11 is 6.14. The minimum Gasteiger partial charge on any atom is -0.465 e. The Labute approximate surface area is 159 Å². The van der Waals surface area contributed by atoms with E-state index in [0.29, 0.717) is 31.2 Å². The molecule has 1 aliphatic rings. The molecule has 1 amide bonds. The number of hydrogen-bond donors (Lipinski definition) is 1. The number of hydrogen-bond acceptors (Lipinski definition) is 2. The summed E-state index contributed by atoms with van der Waals surface area (Å²) in [6.45, 7) is 4.27. The number of halogens is 1. The highest BCUT2D eigenvalue weighted by Gasteiger charge is 2.27. The molecular weight excluding hydrogens is 348 g/mol. The SMILES string of the molecule is C#CC(c1cccc(-c2cccc(Cl)c2)c1C)N1CCN(C(=O)O)CC1. The van der Waals surface area contributed by atoms with Crippen molar-refractivity contribution < 1.29 is 9.90 Å². The van der Waals surface area contributed by atoms with Crippen molar-refractivity contribution >= 4 is 17.7 Å². The second-order valence-corrected chi connectivity index (χ2v) is 6.84. The second kappa shape index (κ2) is 7.82. The number of piperazine rings is 1. The van der Waals surface area contributed by atoms with Crippen LogP contribution in [0.2, 0.25) is 5.02 Å². The number of carboxylic acid groups (broad SMARTS) is 1. The summed E-state index contributed by atoms with van der Waals surface area (Å²) in [4.78, 5) is 14.7. The normalized spacial score (nSPS) is 16.1. The lowest BCUT2D eigenvalue weighted by Crippen LogP contribution is -2.49. The van der Waals surface area contributed by atoms with Crippen LogP contribution in [0, 0.1) is 19.3 Å². The lowest BCUT2D eigenvalue weighted by Gasteiger charge is -2.37.